The number of aliphatic hydroxyl groups excluding tert-OH is 1. The minimum atomic E-state index is -1.09. The molecule has 0 aromatic rings. The van der Waals surface area contributed by atoms with Gasteiger partial charge in [-0.3, -0.25) is 9.59 Å². The Hall–Kier alpha value is -1.93. The van der Waals surface area contributed by atoms with Gasteiger partial charge in [0.2, 0.25) is 0 Å². The first-order chi connectivity index (χ1) is 12.2. The fourth-order valence-corrected chi connectivity index (χ4v) is 2.23. The standard InChI is InChI=1S/C16H24O8.C2H6/c1-10(2)4-5-11(23-14(20)7-6-13(18)19)16(3)12(9-22-16)24-15(21)8-17;1-2/h4,11-12,17H,5-9H2,1-3H3,(H,18,19);1-2H3. The van der Waals surface area contributed by atoms with Crippen molar-refractivity contribution < 1.29 is 38.8 Å². The monoisotopic (exact) mass is 374 g/mol. The molecule has 8 heteroatoms. The summed E-state index contributed by atoms with van der Waals surface area (Å²) >= 11 is 0. The maximum absolute atomic E-state index is 11.9. The largest absolute Gasteiger partial charge is 0.481 e. The Morgan fingerprint density at radius 2 is 1.85 bits per heavy atom. The molecule has 8 nitrogen and oxygen atoms in total. The number of aliphatic hydroxyl groups is 1. The fraction of sp³-hybridized carbons (Fsp3) is 0.722. The average molecular weight is 374 g/mol. The van der Waals surface area contributed by atoms with Crippen LogP contribution in [0.5, 0.6) is 0 Å². The average Bonchev–Trinajstić information content (AvgIpc) is 2.60. The molecular weight excluding hydrogens is 344 g/mol. The van der Waals surface area contributed by atoms with Crippen molar-refractivity contribution in [3.8, 4) is 0 Å². The molecule has 3 atom stereocenters. The molecule has 0 aliphatic carbocycles. The molecule has 26 heavy (non-hydrogen) atoms. The number of hydrogen-bond acceptors (Lipinski definition) is 7. The van der Waals surface area contributed by atoms with E-state index in [9.17, 15) is 14.4 Å². The van der Waals surface area contributed by atoms with E-state index in [1.807, 2.05) is 33.8 Å². The van der Waals surface area contributed by atoms with Crippen LogP contribution in [0, 0.1) is 0 Å². The van der Waals surface area contributed by atoms with Crippen molar-refractivity contribution in [3.63, 3.8) is 0 Å². The molecule has 1 rings (SSSR count). The van der Waals surface area contributed by atoms with E-state index >= 15 is 0 Å². The Balaban J connectivity index is 0.00000301. The highest BCUT2D eigenvalue weighted by Crippen LogP contribution is 2.36. The van der Waals surface area contributed by atoms with Gasteiger partial charge in [-0.15, -0.1) is 0 Å². The summed E-state index contributed by atoms with van der Waals surface area (Å²) in [5.74, 6) is -2.53. The summed E-state index contributed by atoms with van der Waals surface area (Å²) in [7, 11) is 0. The number of carbonyl (C=O) groups is 3. The molecule has 1 aliphatic heterocycles. The van der Waals surface area contributed by atoms with Gasteiger partial charge in [0.1, 0.15) is 18.3 Å². The predicted molar refractivity (Wildman–Crippen MR) is 93.5 cm³/mol. The second-order valence-electron chi connectivity index (χ2n) is 6.02. The van der Waals surface area contributed by atoms with Gasteiger partial charge in [-0.2, -0.15) is 0 Å². The van der Waals surface area contributed by atoms with Gasteiger partial charge in [-0.05, 0) is 20.8 Å². The number of carbonyl (C=O) groups excluding carboxylic acids is 2. The van der Waals surface area contributed by atoms with Gasteiger partial charge in [0.05, 0.1) is 19.4 Å². The van der Waals surface area contributed by atoms with Crippen LogP contribution in [0.4, 0.5) is 0 Å². The summed E-state index contributed by atoms with van der Waals surface area (Å²) in [5, 5.41) is 17.4. The zero-order valence-corrected chi connectivity index (χ0v) is 16.1. The first kappa shape index (κ1) is 24.1. The lowest BCUT2D eigenvalue weighted by Gasteiger charge is -2.49. The zero-order chi connectivity index (χ0) is 20.3. The summed E-state index contributed by atoms with van der Waals surface area (Å²) in [6.07, 6.45) is 0.226. The van der Waals surface area contributed by atoms with E-state index in [1.165, 1.54) is 0 Å². The van der Waals surface area contributed by atoms with Crippen LogP contribution < -0.4 is 0 Å². The quantitative estimate of drug-likeness (QED) is 0.463. The molecular formula is C18H30O8. The minimum absolute atomic E-state index is 0.139. The molecule has 0 aromatic heterocycles. The van der Waals surface area contributed by atoms with Crippen molar-refractivity contribution in [2.75, 3.05) is 13.2 Å². The molecule has 1 saturated heterocycles. The Kier molecular flexibility index (Phi) is 10.8. The smallest absolute Gasteiger partial charge is 0.332 e. The van der Waals surface area contributed by atoms with E-state index in [1.54, 1.807) is 6.92 Å². The number of carboxylic acid groups (broad SMARTS) is 1. The summed E-state index contributed by atoms with van der Waals surface area (Å²) in [4.78, 5) is 33.7. The fourth-order valence-electron chi connectivity index (χ4n) is 2.23. The highest BCUT2D eigenvalue weighted by molar-refractivity contribution is 5.76. The summed E-state index contributed by atoms with van der Waals surface area (Å²) < 4.78 is 16.0. The number of carboxylic acids is 1. The molecule has 0 bridgehead atoms. The van der Waals surface area contributed by atoms with Crippen molar-refractivity contribution >= 4 is 17.9 Å². The van der Waals surface area contributed by atoms with Crippen LogP contribution in [-0.2, 0) is 28.6 Å². The van der Waals surface area contributed by atoms with Crippen LogP contribution in [0.3, 0.4) is 0 Å². The van der Waals surface area contributed by atoms with E-state index in [0.717, 1.165) is 5.57 Å². The number of ether oxygens (including phenoxy) is 3. The Morgan fingerprint density at radius 1 is 1.23 bits per heavy atom. The molecule has 150 valence electrons. The number of rotatable bonds is 9. The lowest BCUT2D eigenvalue weighted by molar-refractivity contribution is -0.279. The molecule has 3 unspecified atom stereocenters. The third-order valence-corrected chi connectivity index (χ3v) is 3.78. The van der Waals surface area contributed by atoms with Crippen LogP contribution in [0.2, 0.25) is 0 Å². The highest BCUT2D eigenvalue weighted by atomic mass is 16.6. The van der Waals surface area contributed by atoms with Crippen LogP contribution >= 0.6 is 0 Å². The van der Waals surface area contributed by atoms with E-state index in [4.69, 9.17) is 24.4 Å². The first-order valence-corrected chi connectivity index (χ1v) is 8.68. The van der Waals surface area contributed by atoms with E-state index < -0.39 is 42.3 Å². The molecule has 0 aromatic carbocycles. The lowest BCUT2D eigenvalue weighted by Crippen LogP contribution is -2.65. The topological polar surface area (TPSA) is 119 Å². The van der Waals surface area contributed by atoms with E-state index in [0.29, 0.717) is 6.42 Å². The van der Waals surface area contributed by atoms with E-state index in [-0.39, 0.29) is 19.4 Å². The second-order valence-corrected chi connectivity index (χ2v) is 6.02. The van der Waals surface area contributed by atoms with Gasteiger partial charge in [-0.1, -0.05) is 25.5 Å². The number of hydrogen-bond donors (Lipinski definition) is 2. The van der Waals surface area contributed by atoms with Gasteiger partial charge in [0.25, 0.3) is 0 Å². The van der Waals surface area contributed by atoms with Crippen LogP contribution in [-0.4, -0.2) is 59.1 Å². The molecule has 0 radical (unpaired) electrons. The van der Waals surface area contributed by atoms with Crippen LogP contribution in [0.15, 0.2) is 11.6 Å². The Bertz CT molecular complexity index is 509. The molecule has 1 heterocycles. The van der Waals surface area contributed by atoms with E-state index in [2.05, 4.69) is 0 Å². The van der Waals surface area contributed by atoms with Crippen LogP contribution in [0.25, 0.3) is 0 Å². The molecule has 0 amide bonds. The Morgan fingerprint density at radius 3 is 2.27 bits per heavy atom. The lowest BCUT2D eigenvalue weighted by atomic mass is 9.85. The van der Waals surface area contributed by atoms with Gasteiger partial charge >= 0.3 is 17.9 Å². The number of aliphatic carboxylic acids is 1. The van der Waals surface area contributed by atoms with Gasteiger partial charge < -0.3 is 24.4 Å². The maximum atomic E-state index is 11.9. The minimum Gasteiger partial charge on any atom is -0.481 e. The maximum Gasteiger partial charge on any atom is 0.332 e. The molecule has 0 spiro atoms. The molecule has 0 saturated carbocycles. The van der Waals surface area contributed by atoms with Gasteiger partial charge in [-0.25, -0.2) is 4.79 Å². The normalized spacial score (nSPS) is 22.0. The molecule has 1 fully saturated rings. The van der Waals surface area contributed by atoms with Gasteiger partial charge in [0, 0.05) is 6.42 Å². The second kappa shape index (κ2) is 11.6. The summed E-state index contributed by atoms with van der Waals surface area (Å²) in [5.41, 5.74) is -0.0382. The third-order valence-electron chi connectivity index (χ3n) is 3.78. The summed E-state index contributed by atoms with van der Waals surface area (Å²) in [6, 6.07) is 0. The molecule has 2 N–H and O–H groups in total. The van der Waals surface area contributed by atoms with Crippen molar-refractivity contribution in [2.45, 2.75) is 71.7 Å². The van der Waals surface area contributed by atoms with Crippen molar-refractivity contribution in [1.82, 2.24) is 0 Å². The van der Waals surface area contributed by atoms with Gasteiger partial charge in [0.15, 0.2) is 6.10 Å². The van der Waals surface area contributed by atoms with Crippen molar-refractivity contribution in [1.29, 1.82) is 0 Å². The number of allylic oxidation sites excluding steroid dienone is 1. The zero-order valence-electron chi connectivity index (χ0n) is 16.1. The van der Waals surface area contributed by atoms with Crippen molar-refractivity contribution in [2.24, 2.45) is 0 Å². The summed E-state index contributed by atoms with van der Waals surface area (Å²) in [6.45, 7) is 8.82. The predicted octanol–water partition coefficient (Wildman–Crippen LogP) is 1.84. The van der Waals surface area contributed by atoms with Crippen molar-refractivity contribution in [3.05, 3.63) is 11.6 Å². The first-order valence-electron chi connectivity index (χ1n) is 8.68. The third kappa shape index (κ3) is 7.53. The van der Waals surface area contributed by atoms with Crippen LogP contribution in [0.1, 0.15) is 53.9 Å². The highest BCUT2D eigenvalue weighted by Gasteiger charge is 2.54. The SMILES string of the molecule is CC.CC(C)=CCC(OC(=O)CCC(=O)O)C1(C)OCC1OC(=O)CO. The Labute approximate surface area is 154 Å². The number of esters is 2. The molecule has 1 aliphatic rings.